The number of piperidine rings is 1. The van der Waals surface area contributed by atoms with Crippen LogP contribution in [0.3, 0.4) is 0 Å². The molecule has 4 rings (SSSR count). The van der Waals surface area contributed by atoms with Crippen LogP contribution < -0.4 is 0 Å². The maximum Gasteiger partial charge on any atom is 0.0814 e. The summed E-state index contributed by atoms with van der Waals surface area (Å²) in [6.45, 7) is 4.86. The summed E-state index contributed by atoms with van der Waals surface area (Å²) in [5, 5.41) is 1.21. The van der Waals surface area contributed by atoms with Crippen molar-refractivity contribution in [3.8, 4) is 0 Å². The van der Waals surface area contributed by atoms with Gasteiger partial charge in [-0.25, -0.2) is 0 Å². The monoisotopic (exact) mass is 326 g/mol. The highest BCUT2D eigenvalue weighted by Crippen LogP contribution is 2.42. The van der Waals surface area contributed by atoms with E-state index in [0.717, 1.165) is 44.8 Å². The summed E-state index contributed by atoms with van der Waals surface area (Å²) < 4.78 is 11.2. The lowest BCUT2D eigenvalue weighted by molar-refractivity contribution is 0.0283. The van der Waals surface area contributed by atoms with E-state index >= 15 is 0 Å². The second kappa shape index (κ2) is 6.79. The number of benzene rings is 1. The first-order chi connectivity index (χ1) is 11.8. The lowest BCUT2D eigenvalue weighted by Crippen LogP contribution is -2.40. The molecule has 3 heterocycles. The van der Waals surface area contributed by atoms with Gasteiger partial charge in [-0.15, -0.1) is 0 Å². The van der Waals surface area contributed by atoms with E-state index in [4.69, 9.17) is 14.5 Å². The summed E-state index contributed by atoms with van der Waals surface area (Å²) in [5.74, 6) is 0. The topological polar surface area (TPSA) is 34.6 Å². The lowest BCUT2D eigenvalue weighted by Gasteiger charge is -2.38. The summed E-state index contributed by atoms with van der Waals surface area (Å²) >= 11 is 0. The third kappa shape index (κ3) is 3.32. The molecule has 1 aromatic carbocycles. The fourth-order valence-electron chi connectivity index (χ4n) is 4.15. The molecule has 2 fully saturated rings. The maximum absolute atomic E-state index is 5.93. The largest absolute Gasteiger partial charge is 0.382 e. The molecule has 0 aliphatic carbocycles. The van der Waals surface area contributed by atoms with Crippen molar-refractivity contribution in [1.82, 2.24) is 9.88 Å². The zero-order valence-corrected chi connectivity index (χ0v) is 14.4. The molecule has 2 saturated heterocycles. The third-order valence-corrected chi connectivity index (χ3v) is 5.60. The average molecular weight is 326 g/mol. The van der Waals surface area contributed by atoms with Crippen LogP contribution in [0.15, 0.2) is 36.4 Å². The predicted molar refractivity (Wildman–Crippen MR) is 94.9 cm³/mol. The molecule has 2 aliphatic heterocycles. The first-order valence-corrected chi connectivity index (χ1v) is 8.94. The van der Waals surface area contributed by atoms with Crippen LogP contribution in [-0.2, 0) is 16.0 Å². The smallest absolute Gasteiger partial charge is 0.0814 e. The Morgan fingerprint density at radius 3 is 2.88 bits per heavy atom. The van der Waals surface area contributed by atoms with Crippen LogP contribution in [0.5, 0.6) is 0 Å². The highest BCUT2D eigenvalue weighted by Gasteiger charge is 2.42. The first-order valence-electron chi connectivity index (χ1n) is 8.94. The van der Waals surface area contributed by atoms with Gasteiger partial charge < -0.3 is 9.47 Å². The van der Waals surface area contributed by atoms with Gasteiger partial charge in [-0.05, 0) is 49.9 Å². The van der Waals surface area contributed by atoms with Gasteiger partial charge in [0.05, 0.1) is 30.5 Å². The molecule has 0 radical (unpaired) electrons. The van der Waals surface area contributed by atoms with Gasteiger partial charge in [0.15, 0.2) is 0 Å². The standard InChI is InChI=1S/C20H26N2O2/c1-23-14-18-12-20(15-24-18)8-10-22(11-9-20)13-17-7-6-16-4-2-3-5-19(16)21-17/h2-7,18H,8-15H2,1H3. The van der Waals surface area contributed by atoms with Crippen molar-refractivity contribution in [1.29, 1.82) is 0 Å². The molecular formula is C20H26N2O2. The van der Waals surface area contributed by atoms with Crippen molar-refractivity contribution in [2.24, 2.45) is 5.41 Å². The zero-order chi connectivity index (χ0) is 16.4. The molecule has 128 valence electrons. The number of nitrogens with zero attached hydrogens (tertiary/aromatic N) is 2. The lowest BCUT2D eigenvalue weighted by atomic mass is 9.76. The Labute approximate surface area is 143 Å². The minimum absolute atomic E-state index is 0.295. The molecule has 1 spiro atoms. The summed E-state index contributed by atoms with van der Waals surface area (Å²) in [7, 11) is 1.76. The number of hydrogen-bond donors (Lipinski definition) is 0. The third-order valence-electron chi connectivity index (χ3n) is 5.60. The predicted octanol–water partition coefficient (Wildman–Crippen LogP) is 3.25. The number of ether oxygens (including phenoxy) is 2. The van der Waals surface area contributed by atoms with Crippen molar-refractivity contribution >= 4 is 10.9 Å². The van der Waals surface area contributed by atoms with E-state index in [0.29, 0.717) is 11.5 Å². The van der Waals surface area contributed by atoms with E-state index in [-0.39, 0.29) is 0 Å². The zero-order valence-electron chi connectivity index (χ0n) is 14.4. The summed E-state index contributed by atoms with van der Waals surface area (Å²) in [5.41, 5.74) is 2.65. The SMILES string of the molecule is COCC1CC2(CCN(Cc3ccc4ccccc4n3)CC2)CO1. The van der Waals surface area contributed by atoms with E-state index in [2.05, 4.69) is 41.3 Å². The molecule has 0 bridgehead atoms. The fourth-order valence-corrected chi connectivity index (χ4v) is 4.15. The Balaban J connectivity index is 1.36. The molecule has 4 nitrogen and oxygen atoms in total. The number of likely N-dealkylation sites (tertiary alicyclic amines) is 1. The van der Waals surface area contributed by atoms with Crippen LogP contribution in [-0.4, -0.2) is 49.4 Å². The van der Waals surface area contributed by atoms with Gasteiger partial charge in [0.1, 0.15) is 0 Å². The van der Waals surface area contributed by atoms with Crippen LogP contribution in [0.4, 0.5) is 0 Å². The molecule has 1 unspecified atom stereocenters. The van der Waals surface area contributed by atoms with E-state index in [1.165, 1.54) is 23.9 Å². The van der Waals surface area contributed by atoms with E-state index < -0.39 is 0 Å². The molecule has 1 atom stereocenters. The number of fused-ring (bicyclic) bond motifs is 1. The number of para-hydroxylation sites is 1. The van der Waals surface area contributed by atoms with Gasteiger partial charge in [-0.3, -0.25) is 9.88 Å². The molecule has 0 amide bonds. The van der Waals surface area contributed by atoms with Crippen LogP contribution in [0.25, 0.3) is 10.9 Å². The van der Waals surface area contributed by atoms with Crippen molar-refractivity contribution in [2.45, 2.75) is 31.9 Å². The van der Waals surface area contributed by atoms with Crippen molar-refractivity contribution in [3.63, 3.8) is 0 Å². The molecule has 2 aromatic rings. The number of pyridine rings is 1. The van der Waals surface area contributed by atoms with Crippen molar-refractivity contribution < 1.29 is 9.47 Å². The Morgan fingerprint density at radius 2 is 2.04 bits per heavy atom. The van der Waals surface area contributed by atoms with E-state index in [1.807, 2.05) is 0 Å². The number of hydrogen-bond acceptors (Lipinski definition) is 4. The second-order valence-corrected chi connectivity index (χ2v) is 7.36. The van der Waals surface area contributed by atoms with Gasteiger partial charge in [0.25, 0.3) is 0 Å². The van der Waals surface area contributed by atoms with E-state index in [9.17, 15) is 0 Å². The minimum atomic E-state index is 0.295. The van der Waals surface area contributed by atoms with Crippen molar-refractivity contribution in [2.75, 3.05) is 33.4 Å². The Hall–Kier alpha value is -1.49. The maximum atomic E-state index is 5.93. The highest BCUT2D eigenvalue weighted by molar-refractivity contribution is 5.78. The molecule has 4 heteroatoms. The van der Waals surface area contributed by atoms with Gasteiger partial charge in [-0.1, -0.05) is 24.3 Å². The average Bonchev–Trinajstić information content (AvgIpc) is 3.00. The number of aromatic nitrogens is 1. The van der Waals surface area contributed by atoms with Crippen LogP contribution >= 0.6 is 0 Å². The number of rotatable bonds is 4. The Kier molecular flexibility index (Phi) is 4.53. The summed E-state index contributed by atoms with van der Waals surface area (Å²) in [6, 6.07) is 12.7. The molecule has 2 aliphatic rings. The van der Waals surface area contributed by atoms with Gasteiger partial charge in [0, 0.05) is 19.0 Å². The molecular weight excluding hydrogens is 300 g/mol. The Bertz CT molecular complexity index is 695. The normalized spacial score (nSPS) is 24.0. The molecule has 24 heavy (non-hydrogen) atoms. The van der Waals surface area contributed by atoms with E-state index in [1.54, 1.807) is 7.11 Å². The van der Waals surface area contributed by atoms with Crippen LogP contribution in [0, 0.1) is 5.41 Å². The van der Waals surface area contributed by atoms with Gasteiger partial charge in [-0.2, -0.15) is 0 Å². The molecule has 0 saturated carbocycles. The summed E-state index contributed by atoms with van der Waals surface area (Å²) in [4.78, 5) is 7.35. The van der Waals surface area contributed by atoms with Crippen LogP contribution in [0.2, 0.25) is 0 Å². The number of methoxy groups -OCH3 is 1. The summed E-state index contributed by atoms with van der Waals surface area (Å²) in [6.07, 6.45) is 3.90. The van der Waals surface area contributed by atoms with Gasteiger partial charge in [0.2, 0.25) is 0 Å². The van der Waals surface area contributed by atoms with Gasteiger partial charge >= 0.3 is 0 Å². The van der Waals surface area contributed by atoms with Crippen LogP contribution in [0.1, 0.15) is 25.0 Å². The second-order valence-electron chi connectivity index (χ2n) is 7.36. The minimum Gasteiger partial charge on any atom is -0.382 e. The quantitative estimate of drug-likeness (QED) is 0.864. The first kappa shape index (κ1) is 16.0. The molecule has 1 aromatic heterocycles. The highest BCUT2D eigenvalue weighted by atomic mass is 16.5. The fraction of sp³-hybridized carbons (Fsp3) is 0.550. The van der Waals surface area contributed by atoms with Crippen molar-refractivity contribution in [3.05, 3.63) is 42.1 Å². The molecule has 0 N–H and O–H groups in total. The Morgan fingerprint density at radius 1 is 1.21 bits per heavy atom.